The summed E-state index contributed by atoms with van der Waals surface area (Å²) in [4.78, 5) is 13.0. The number of ether oxygens (including phenoxy) is 1. The number of hydrogen-bond acceptors (Lipinski definition) is 3. The van der Waals surface area contributed by atoms with Gasteiger partial charge in [0.05, 0.1) is 4.47 Å². The third-order valence-electron chi connectivity index (χ3n) is 2.05. The van der Waals surface area contributed by atoms with Gasteiger partial charge < -0.3 is 15.0 Å². The third kappa shape index (κ3) is 5.19. The summed E-state index contributed by atoms with van der Waals surface area (Å²) in [5.41, 5.74) is 0.737. The van der Waals surface area contributed by atoms with Crippen LogP contribution < -0.4 is 10.1 Å². The molecular weight excluding hydrogens is 284 g/mol. The van der Waals surface area contributed by atoms with Crippen LogP contribution in [0.2, 0.25) is 0 Å². The first-order valence-corrected chi connectivity index (χ1v) is 6.13. The van der Waals surface area contributed by atoms with Gasteiger partial charge in [-0.3, -0.25) is 4.79 Å². The molecule has 1 N–H and O–H groups in total. The highest BCUT2D eigenvalue weighted by Gasteiger charge is 2.04. The fourth-order valence-corrected chi connectivity index (χ4v) is 1.59. The van der Waals surface area contributed by atoms with Gasteiger partial charge >= 0.3 is 0 Å². The molecule has 0 aromatic heterocycles. The zero-order valence-corrected chi connectivity index (χ0v) is 11.9. The second-order valence-electron chi connectivity index (χ2n) is 3.98. The normalized spacial score (nSPS) is 10.4. The number of halogens is 1. The maximum absolute atomic E-state index is 10.9. The van der Waals surface area contributed by atoms with E-state index in [1.165, 1.54) is 6.92 Å². The van der Waals surface area contributed by atoms with E-state index in [1.807, 2.05) is 31.1 Å². The number of carbonyl (C=O) groups is 1. The van der Waals surface area contributed by atoms with Crippen LogP contribution in [0.25, 0.3) is 0 Å². The zero-order chi connectivity index (χ0) is 12.8. The molecule has 94 valence electrons. The summed E-state index contributed by atoms with van der Waals surface area (Å²) >= 11 is 3.41. The second kappa shape index (κ2) is 6.61. The van der Waals surface area contributed by atoms with E-state index in [2.05, 4.69) is 21.2 Å². The maximum atomic E-state index is 10.9. The Kier molecular flexibility index (Phi) is 5.44. The molecule has 0 atom stereocenters. The Labute approximate surface area is 110 Å². The molecule has 1 aromatic carbocycles. The van der Waals surface area contributed by atoms with Crippen LogP contribution in [0.5, 0.6) is 5.75 Å². The van der Waals surface area contributed by atoms with Crippen LogP contribution in [0.15, 0.2) is 22.7 Å². The van der Waals surface area contributed by atoms with Crippen molar-refractivity contribution in [3.63, 3.8) is 0 Å². The lowest BCUT2D eigenvalue weighted by Crippen LogP contribution is -2.19. The predicted molar refractivity (Wildman–Crippen MR) is 72.5 cm³/mol. The lowest BCUT2D eigenvalue weighted by Gasteiger charge is -2.13. The molecule has 0 spiro atoms. The van der Waals surface area contributed by atoms with E-state index < -0.39 is 0 Å². The average Bonchev–Trinajstić information content (AvgIpc) is 2.21. The molecular formula is C12H17BrN2O2. The van der Waals surface area contributed by atoms with E-state index in [-0.39, 0.29) is 5.91 Å². The number of rotatable bonds is 5. The average molecular weight is 301 g/mol. The summed E-state index contributed by atoms with van der Waals surface area (Å²) < 4.78 is 6.51. The van der Waals surface area contributed by atoms with E-state index in [0.717, 1.165) is 22.5 Å². The minimum Gasteiger partial charge on any atom is -0.491 e. The van der Waals surface area contributed by atoms with Crippen molar-refractivity contribution in [2.45, 2.75) is 6.92 Å². The van der Waals surface area contributed by atoms with E-state index in [9.17, 15) is 4.79 Å². The molecule has 0 unspecified atom stereocenters. The van der Waals surface area contributed by atoms with Crippen LogP contribution in [0.1, 0.15) is 6.92 Å². The monoisotopic (exact) mass is 300 g/mol. The van der Waals surface area contributed by atoms with Crippen LogP contribution in [-0.2, 0) is 4.79 Å². The molecule has 17 heavy (non-hydrogen) atoms. The van der Waals surface area contributed by atoms with Crippen LogP contribution in [0, 0.1) is 0 Å². The van der Waals surface area contributed by atoms with Crippen molar-refractivity contribution in [2.24, 2.45) is 0 Å². The lowest BCUT2D eigenvalue weighted by atomic mass is 10.3. The Balaban J connectivity index is 2.66. The Morgan fingerprint density at radius 2 is 2.18 bits per heavy atom. The van der Waals surface area contributed by atoms with Gasteiger partial charge in [-0.2, -0.15) is 0 Å². The Bertz CT molecular complexity index is 394. The number of nitrogens with zero attached hydrogens (tertiary/aromatic N) is 1. The Morgan fingerprint density at radius 1 is 1.47 bits per heavy atom. The van der Waals surface area contributed by atoms with Crippen molar-refractivity contribution in [3.05, 3.63) is 22.7 Å². The summed E-state index contributed by atoms with van der Waals surface area (Å²) in [6, 6.07) is 5.49. The van der Waals surface area contributed by atoms with Gasteiger partial charge in [-0.1, -0.05) is 0 Å². The molecule has 4 nitrogen and oxygen atoms in total. The molecule has 0 aliphatic rings. The van der Waals surface area contributed by atoms with Crippen molar-refractivity contribution in [3.8, 4) is 5.75 Å². The summed E-state index contributed by atoms with van der Waals surface area (Å²) in [5.74, 6) is 0.643. The Morgan fingerprint density at radius 3 is 2.76 bits per heavy atom. The van der Waals surface area contributed by atoms with Crippen LogP contribution in [0.3, 0.4) is 0 Å². The van der Waals surface area contributed by atoms with Gasteiger partial charge in [0, 0.05) is 25.2 Å². The topological polar surface area (TPSA) is 41.6 Å². The summed E-state index contributed by atoms with van der Waals surface area (Å²) in [6.45, 7) is 2.93. The lowest BCUT2D eigenvalue weighted by molar-refractivity contribution is -0.114. The number of likely N-dealkylation sites (N-methyl/N-ethyl adjacent to an activating group) is 1. The fourth-order valence-electron chi connectivity index (χ4n) is 1.23. The SMILES string of the molecule is CC(=O)Nc1ccc(Br)c(OCCN(C)C)c1. The van der Waals surface area contributed by atoms with E-state index in [1.54, 1.807) is 6.07 Å². The first-order valence-electron chi connectivity index (χ1n) is 5.33. The molecule has 0 aliphatic heterocycles. The van der Waals surface area contributed by atoms with Gasteiger partial charge in [0.2, 0.25) is 5.91 Å². The molecule has 1 aromatic rings. The van der Waals surface area contributed by atoms with Crippen LogP contribution in [-0.4, -0.2) is 38.1 Å². The first-order chi connectivity index (χ1) is 7.99. The minimum atomic E-state index is -0.0911. The van der Waals surface area contributed by atoms with Crippen molar-refractivity contribution in [1.82, 2.24) is 4.90 Å². The number of carbonyl (C=O) groups excluding carboxylic acids is 1. The highest BCUT2D eigenvalue weighted by atomic mass is 79.9. The van der Waals surface area contributed by atoms with Crippen molar-refractivity contribution in [2.75, 3.05) is 32.6 Å². The van der Waals surface area contributed by atoms with Gasteiger partial charge in [-0.05, 0) is 42.2 Å². The molecule has 0 saturated heterocycles. The van der Waals surface area contributed by atoms with Crippen LogP contribution >= 0.6 is 15.9 Å². The molecule has 0 aliphatic carbocycles. The molecule has 1 rings (SSSR count). The molecule has 0 saturated carbocycles. The summed E-state index contributed by atoms with van der Waals surface area (Å²) in [7, 11) is 3.98. The fraction of sp³-hybridized carbons (Fsp3) is 0.417. The molecule has 0 fully saturated rings. The molecule has 0 radical (unpaired) electrons. The standard InChI is InChI=1S/C12H17BrN2O2/c1-9(16)14-10-4-5-11(13)12(8-10)17-7-6-15(2)3/h4-5,8H,6-7H2,1-3H3,(H,14,16). The number of amides is 1. The summed E-state index contributed by atoms with van der Waals surface area (Å²) in [6.07, 6.45) is 0. The highest BCUT2D eigenvalue weighted by Crippen LogP contribution is 2.28. The largest absolute Gasteiger partial charge is 0.491 e. The third-order valence-corrected chi connectivity index (χ3v) is 2.70. The van der Waals surface area contributed by atoms with Gasteiger partial charge in [0.15, 0.2) is 0 Å². The number of anilines is 1. The smallest absolute Gasteiger partial charge is 0.221 e. The predicted octanol–water partition coefficient (Wildman–Crippen LogP) is 2.35. The van der Waals surface area contributed by atoms with Crippen molar-refractivity contribution < 1.29 is 9.53 Å². The number of nitrogens with one attached hydrogen (secondary N) is 1. The highest BCUT2D eigenvalue weighted by molar-refractivity contribution is 9.10. The summed E-state index contributed by atoms with van der Waals surface area (Å²) in [5, 5.41) is 2.72. The van der Waals surface area contributed by atoms with Gasteiger partial charge in [0.25, 0.3) is 0 Å². The molecule has 1 amide bonds. The van der Waals surface area contributed by atoms with Gasteiger partial charge in [-0.25, -0.2) is 0 Å². The van der Waals surface area contributed by atoms with E-state index in [0.29, 0.717) is 6.61 Å². The van der Waals surface area contributed by atoms with E-state index >= 15 is 0 Å². The second-order valence-corrected chi connectivity index (χ2v) is 4.83. The quantitative estimate of drug-likeness (QED) is 0.907. The first kappa shape index (κ1) is 14.0. The minimum absolute atomic E-state index is 0.0911. The Hall–Kier alpha value is -1.07. The van der Waals surface area contributed by atoms with Crippen LogP contribution in [0.4, 0.5) is 5.69 Å². The van der Waals surface area contributed by atoms with Crippen molar-refractivity contribution in [1.29, 1.82) is 0 Å². The number of hydrogen-bond donors (Lipinski definition) is 1. The van der Waals surface area contributed by atoms with Crippen molar-refractivity contribution >= 4 is 27.5 Å². The number of benzene rings is 1. The molecule has 0 heterocycles. The van der Waals surface area contributed by atoms with Gasteiger partial charge in [-0.15, -0.1) is 0 Å². The zero-order valence-electron chi connectivity index (χ0n) is 10.3. The van der Waals surface area contributed by atoms with Gasteiger partial charge in [0.1, 0.15) is 12.4 Å². The molecule has 0 bridgehead atoms. The van der Waals surface area contributed by atoms with E-state index in [4.69, 9.17) is 4.74 Å². The maximum Gasteiger partial charge on any atom is 0.221 e. The molecule has 5 heteroatoms.